The van der Waals surface area contributed by atoms with E-state index in [0.717, 1.165) is 25.1 Å². The second kappa shape index (κ2) is 5.21. The van der Waals surface area contributed by atoms with Crippen LogP contribution >= 0.6 is 0 Å². The Balaban J connectivity index is 2.18. The molecule has 0 spiro atoms. The van der Waals surface area contributed by atoms with Crippen molar-refractivity contribution in [1.82, 2.24) is 4.90 Å². The van der Waals surface area contributed by atoms with Crippen LogP contribution in [0, 0.1) is 0 Å². The third-order valence-electron chi connectivity index (χ3n) is 3.46. The van der Waals surface area contributed by atoms with Crippen molar-refractivity contribution in [3.63, 3.8) is 0 Å². The van der Waals surface area contributed by atoms with E-state index in [-0.39, 0.29) is 6.03 Å². The zero-order valence-corrected chi connectivity index (χ0v) is 10.6. The average Bonchev–Trinajstić information content (AvgIpc) is 2.38. The fourth-order valence-corrected chi connectivity index (χ4v) is 2.25. The maximum absolute atomic E-state index is 11.8. The normalized spacial score (nSPS) is 14.0. The van der Waals surface area contributed by atoms with Crippen LogP contribution in [0.25, 0.3) is 0 Å². The van der Waals surface area contributed by atoms with Gasteiger partial charge < -0.3 is 10.2 Å². The molecule has 0 fully saturated rings. The molecule has 0 radical (unpaired) electrons. The second-order valence-electron chi connectivity index (χ2n) is 4.59. The van der Waals surface area contributed by atoms with Crippen molar-refractivity contribution in [2.75, 3.05) is 18.9 Å². The molecule has 0 aromatic heterocycles. The molecule has 0 saturated heterocycles. The summed E-state index contributed by atoms with van der Waals surface area (Å²) in [5, 5.41) is 3.01. The Morgan fingerprint density at radius 1 is 1.35 bits per heavy atom. The maximum atomic E-state index is 11.8. The minimum atomic E-state index is -0.0218. The fourth-order valence-electron chi connectivity index (χ4n) is 2.25. The predicted molar refractivity (Wildman–Crippen MR) is 70.4 cm³/mol. The third-order valence-corrected chi connectivity index (χ3v) is 3.46. The number of carbonyl (C=O) groups is 1. The number of hydrogen-bond acceptors (Lipinski definition) is 1. The van der Waals surface area contributed by atoms with Crippen LogP contribution in [0.1, 0.15) is 30.9 Å². The van der Waals surface area contributed by atoms with Crippen LogP contribution in [-0.2, 0) is 12.8 Å². The molecule has 1 aromatic rings. The first kappa shape index (κ1) is 12.0. The third kappa shape index (κ3) is 2.60. The molecule has 0 saturated carbocycles. The van der Waals surface area contributed by atoms with Gasteiger partial charge in [-0.15, -0.1) is 0 Å². The van der Waals surface area contributed by atoms with E-state index in [0.29, 0.717) is 0 Å². The van der Waals surface area contributed by atoms with Crippen molar-refractivity contribution in [3.8, 4) is 0 Å². The lowest BCUT2D eigenvalue weighted by atomic mass is 9.90. The van der Waals surface area contributed by atoms with E-state index in [2.05, 4.69) is 11.4 Å². The standard InChI is InChI=1S/C14H20N2O/c1-3-16(2)14(17)15-13-10-6-8-11-7-4-5-9-12(11)13/h6,8,10H,3-5,7,9H2,1-2H3,(H,15,17). The molecule has 0 heterocycles. The van der Waals surface area contributed by atoms with E-state index in [1.54, 1.807) is 4.90 Å². The van der Waals surface area contributed by atoms with E-state index in [1.807, 2.05) is 26.1 Å². The Kier molecular flexibility index (Phi) is 3.67. The average molecular weight is 232 g/mol. The molecule has 3 heteroatoms. The Morgan fingerprint density at radius 2 is 2.12 bits per heavy atom. The number of aryl methyl sites for hydroxylation is 1. The van der Waals surface area contributed by atoms with Gasteiger partial charge >= 0.3 is 6.03 Å². The fraction of sp³-hybridized carbons (Fsp3) is 0.500. The minimum Gasteiger partial charge on any atom is -0.328 e. The van der Waals surface area contributed by atoms with Gasteiger partial charge in [-0.1, -0.05) is 12.1 Å². The number of rotatable bonds is 2. The van der Waals surface area contributed by atoms with E-state index in [4.69, 9.17) is 0 Å². The van der Waals surface area contributed by atoms with Crippen LogP contribution in [-0.4, -0.2) is 24.5 Å². The number of fused-ring (bicyclic) bond motifs is 1. The maximum Gasteiger partial charge on any atom is 0.321 e. The number of amides is 2. The highest BCUT2D eigenvalue weighted by Gasteiger charge is 2.15. The largest absolute Gasteiger partial charge is 0.328 e. The van der Waals surface area contributed by atoms with Gasteiger partial charge in [0.1, 0.15) is 0 Å². The highest BCUT2D eigenvalue weighted by molar-refractivity contribution is 5.90. The number of anilines is 1. The van der Waals surface area contributed by atoms with Crippen LogP contribution in [0.2, 0.25) is 0 Å². The van der Waals surface area contributed by atoms with Gasteiger partial charge in [-0.05, 0) is 49.8 Å². The van der Waals surface area contributed by atoms with Crippen LogP contribution < -0.4 is 5.32 Å². The number of urea groups is 1. The summed E-state index contributed by atoms with van der Waals surface area (Å²) in [6.45, 7) is 2.70. The number of carbonyl (C=O) groups excluding carboxylic acids is 1. The molecule has 2 amide bonds. The number of hydrogen-bond donors (Lipinski definition) is 1. The summed E-state index contributed by atoms with van der Waals surface area (Å²) in [4.78, 5) is 13.5. The van der Waals surface area contributed by atoms with Gasteiger partial charge in [0.2, 0.25) is 0 Å². The molecule has 3 nitrogen and oxygen atoms in total. The minimum absolute atomic E-state index is 0.0218. The SMILES string of the molecule is CCN(C)C(=O)Nc1cccc2c1CCCC2. The summed E-state index contributed by atoms with van der Waals surface area (Å²) in [6.07, 6.45) is 4.72. The molecule has 1 aliphatic carbocycles. The van der Waals surface area contributed by atoms with E-state index in [1.165, 1.54) is 24.0 Å². The molecule has 0 aliphatic heterocycles. The molecule has 0 bridgehead atoms. The van der Waals surface area contributed by atoms with Crippen LogP contribution in [0.15, 0.2) is 18.2 Å². The molecule has 1 N–H and O–H groups in total. The van der Waals surface area contributed by atoms with Gasteiger partial charge in [0, 0.05) is 19.3 Å². The second-order valence-corrected chi connectivity index (χ2v) is 4.59. The molecule has 1 aliphatic rings. The molecule has 2 rings (SSSR count). The highest BCUT2D eigenvalue weighted by atomic mass is 16.2. The summed E-state index contributed by atoms with van der Waals surface area (Å²) in [7, 11) is 1.81. The monoisotopic (exact) mass is 232 g/mol. The Bertz CT molecular complexity index is 415. The molecule has 92 valence electrons. The summed E-state index contributed by atoms with van der Waals surface area (Å²) in [5.74, 6) is 0. The van der Waals surface area contributed by atoms with Crippen molar-refractivity contribution < 1.29 is 4.79 Å². The zero-order valence-electron chi connectivity index (χ0n) is 10.6. The van der Waals surface area contributed by atoms with Gasteiger partial charge in [0.25, 0.3) is 0 Å². The summed E-state index contributed by atoms with van der Waals surface area (Å²) in [5.41, 5.74) is 3.72. The van der Waals surface area contributed by atoms with Gasteiger partial charge in [-0.3, -0.25) is 0 Å². The van der Waals surface area contributed by atoms with Crippen LogP contribution in [0.5, 0.6) is 0 Å². The summed E-state index contributed by atoms with van der Waals surface area (Å²) >= 11 is 0. The van der Waals surface area contributed by atoms with Crippen LogP contribution in [0.4, 0.5) is 10.5 Å². The van der Waals surface area contributed by atoms with Gasteiger partial charge in [0.15, 0.2) is 0 Å². The Morgan fingerprint density at radius 3 is 2.88 bits per heavy atom. The first-order valence-electron chi connectivity index (χ1n) is 6.35. The summed E-state index contributed by atoms with van der Waals surface area (Å²) < 4.78 is 0. The molecular formula is C14H20N2O. The highest BCUT2D eigenvalue weighted by Crippen LogP contribution is 2.27. The zero-order chi connectivity index (χ0) is 12.3. The van der Waals surface area contributed by atoms with Crippen LogP contribution in [0.3, 0.4) is 0 Å². The van der Waals surface area contributed by atoms with Crippen molar-refractivity contribution in [1.29, 1.82) is 0 Å². The number of benzene rings is 1. The first-order chi connectivity index (χ1) is 8.22. The van der Waals surface area contributed by atoms with Gasteiger partial charge in [-0.25, -0.2) is 4.79 Å². The number of nitrogens with one attached hydrogen (secondary N) is 1. The van der Waals surface area contributed by atoms with Crippen molar-refractivity contribution >= 4 is 11.7 Å². The van der Waals surface area contributed by atoms with E-state index in [9.17, 15) is 4.79 Å². The summed E-state index contributed by atoms with van der Waals surface area (Å²) in [6, 6.07) is 6.19. The lowest BCUT2D eigenvalue weighted by Crippen LogP contribution is -2.31. The molecular weight excluding hydrogens is 212 g/mol. The van der Waals surface area contributed by atoms with Gasteiger partial charge in [-0.2, -0.15) is 0 Å². The van der Waals surface area contributed by atoms with E-state index < -0.39 is 0 Å². The molecule has 1 aromatic carbocycles. The van der Waals surface area contributed by atoms with Gasteiger partial charge in [0.05, 0.1) is 0 Å². The predicted octanol–water partition coefficient (Wildman–Crippen LogP) is 3.05. The molecule has 17 heavy (non-hydrogen) atoms. The lowest BCUT2D eigenvalue weighted by Gasteiger charge is -2.21. The topological polar surface area (TPSA) is 32.3 Å². The Hall–Kier alpha value is -1.51. The lowest BCUT2D eigenvalue weighted by molar-refractivity contribution is 0.224. The van der Waals surface area contributed by atoms with Crippen molar-refractivity contribution in [3.05, 3.63) is 29.3 Å². The molecule has 0 atom stereocenters. The Labute approximate surface area is 103 Å². The van der Waals surface area contributed by atoms with E-state index >= 15 is 0 Å². The van der Waals surface area contributed by atoms with Crippen molar-refractivity contribution in [2.24, 2.45) is 0 Å². The smallest absolute Gasteiger partial charge is 0.321 e. The quantitative estimate of drug-likeness (QED) is 0.835. The first-order valence-corrected chi connectivity index (χ1v) is 6.35. The van der Waals surface area contributed by atoms with Crippen molar-refractivity contribution in [2.45, 2.75) is 32.6 Å². The number of nitrogens with zero attached hydrogens (tertiary/aromatic N) is 1. The molecule has 0 unspecified atom stereocenters.